The summed E-state index contributed by atoms with van der Waals surface area (Å²) in [7, 11) is -3.73. The summed E-state index contributed by atoms with van der Waals surface area (Å²) < 4.78 is 26.1. The second-order valence-electron chi connectivity index (χ2n) is 3.78. The largest absolute Gasteiger partial charge is 0.392 e. The third-order valence-corrected chi connectivity index (χ3v) is 5.33. The Labute approximate surface area is 123 Å². The zero-order chi connectivity index (χ0) is 14.6. The second-order valence-corrected chi connectivity index (χ2v) is 6.50. The molecule has 19 heavy (non-hydrogen) atoms. The van der Waals surface area contributed by atoms with Crippen LogP contribution in [-0.2, 0) is 16.6 Å². The van der Waals surface area contributed by atoms with E-state index in [1.165, 1.54) is 22.5 Å². The molecule has 0 aliphatic rings. The first-order valence-electron chi connectivity index (χ1n) is 5.58. The van der Waals surface area contributed by atoms with Crippen molar-refractivity contribution in [1.29, 1.82) is 0 Å². The van der Waals surface area contributed by atoms with Crippen molar-refractivity contribution in [2.45, 2.75) is 18.4 Å². The smallest absolute Gasteiger partial charge is 0.244 e. The lowest BCUT2D eigenvalue weighted by Gasteiger charge is -2.20. The minimum atomic E-state index is -3.73. The molecule has 0 aromatic heterocycles. The molecule has 0 bridgehead atoms. The number of aliphatic hydroxyl groups is 1. The van der Waals surface area contributed by atoms with Crippen molar-refractivity contribution >= 4 is 33.2 Å². The van der Waals surface area contributed by atoms with E-state index < -0.39 is 10.0 Å². The number of aliphatic hydroxyl groups excluding tert-OH is 1. The van der Waals surface area contributed by atoms with Crippen LogP contribution in [0.15, 0.2) is 29.7 Å². The van der Waals surface area contributed by atoms with E-state index in [9.17, 15) is 8.42 Å². The molecule has 1 aromatic rings. The van der Waals surface area contributed by atoms with E-state index in [2.05, 4.69) is 6.58 Å². The van der Waals surface area contributed by atoms with Gasteiger partial charge in [0.25, 0.3) is 0 Å². The van der Waals surface area contributed by atoms with Gasteiger partial charge in [0.1, 0.15) is 4.90 Å². The van der Waals surface area contributed by atoms with Gasteiger partial charge in [0.2, 0.25) is 10.0 Å². The van der Waals surface area contributed by atoms with E-state index in [0.717, 1.165) is 0 Å². The van der Waals surface area contributed by atoms with E-state index >= 15 is 0 Å². The number of hydrogen-bond donors (Lipinski definition) is 1. The first-order chi connectivity index (χ1) is 8.88. The van der Waals surface area contributed by atoms with Crippen LogP contribution in [0, 0.1) is 0 Å². The van der Waals surface area contributed by atoms with Gasteiger partial charge in [0.05, 0.1) is 11.6 Å². The van der Waals surface area contributed by atoms with Crippen molar-refractivity contribution in [3.05, 3.63) is 40.4 Å². The molecule has 0 aliphatic carbocycles. The molecular formula is C12H15Cl2NO3S. The van der Waals surface area contributed by atoms with E-state index in [0.29, 0.717) is 12.1 Å². The first-order valence-corrected chi connectivity index (χ1v) is 7.77. The molecule has 0 amide bonds. The van der Waals surface area contributed by atoms with Crippen molar-refractivity contribution in [2.75, 3.05) is 13.1 Å². The molecule has 4 nitrogen and oxygen atoms in total. The number of hydrogen-bond acceptors (Lipinski definition) is 3. The van der Waals surface area contributed by atoms with Crippen LogP contribution < -0.4 is 0 Å². The summed E-state index contributed by atoms with van der Waals surface area (Å²) in [5, 5.41) is 9.41. The Morgan fingerprint density at radius 3 is 2.47 bits per heavy atom. The normalized spacial score (nSPS) is 11.8. The van der Waals surface area contributed by atoms with E-state index in [-0.39, 0.29) is 28.1 Å². The Bertz CT molecular complexity index is 573. The van der Waals surface area contributed by atoms with Gasteiger partial charge in [-0.25, -0.2) is 8.42 Å². The quantitative estimate of drug-likeness (QED) is 0.819. The Kier molecular flexibility index (Phi) is 5.82. The Morgan fingerprint density at radius 2 is 2.00 bits per heavy atom. The molecule has 0 unspecified atom stereocenters. The molecule has 1 rings (SSSR count). The highest BCUT2D eigenvalue weighted by molar-refractivity contribution is 7.89. The van der Waals surface area contributed by atoms with E-state index in [4.69, 9.17) is 28.3 Å². The van der Waals surface area contributed by atoms with Crippen LogP contribution in [0.3, 0.4) is 0 Å². The SMILES string of the molecule is C=CCN(CC)S(=O)(=O)c1cc(CO)c(Cl)cc1Cl. The van der Waals surface area contributed by atoms with Crippen molar-refractivity contribution in [3.63, 3.8) is 0 Å². The predicted octanol–water partition coefficient (Wildman–Crippen LogP) is 2.68. The molecular weight excluding hydrogens is 309 g/mol. The fourth-order valence-electron chi connectivity index (χ4n) is 1.57. The molecule has 0 aliphatic heterocycles. The minimum Gasteiger partial charge on any atom is -0.392 e. The zero-order valence-electron chi connectivity index (χ0n) is 10.4. The maximum Gasteiger partial charge on any atom is 0.244 e. The highest BCUT2D eigenvalue weighted by Crippen LogP contribution is 2.30. The maximum atomic E-state index is 12.4. The number of rotatable bonds is 6. The molecule has 7 heteroatoms. The van der Waals surface area contributed by atoms with Gasteiger partial charge >= 0.3 is 0 Å². The van der Waals surface area contributed by atoms with Gasteiger partial charge in [-0.05, 0) is 17.7 Å². The first kappa shape index (κ1) is 16.5. The van der Waals surface area contributed by atoms with Gasteiger partial charge in [-0.1, -0.05) is 36.2 Å². The minimum absolute atomic E-state index is 0.0321. The number of likely N-dealkylation sites (N-methyl/N-ethyl adjacent to an activating group) is 1. The summed E-state index contributed by atoms with van der Waals surface area (Å²) in [6.07, 6.45) is 1.50. The third-order valence-electron chi connectivity index (χ3n) is 2.57. The lowest BCUT2D eigenvalue weighted by molar-refractivity contribution is 0.281. The molecule has 0 saturated heterocycles. The van der Waals surface area contributed by atoms with Gasteiger partial charge in [0.15, 0.2) is 0 Å². The van der Waals surface area contributed by atoms with Crippen LogP contribution in [0.5, 0.6) is 0 Å². The average Bonchev–Trinajstić information content (AvgIpc) is 2.35. The highest BCUT2D eigenvalue weighted by Gasteiger charge is 2.25. The number of sulfonamides is 1. The van der Waals surface area contributed by atoms with Gasteiger partial charge in [-0.2, -0.15) is 4.31 Å². The second kappa shape index (κ2) is 6.72. The third kappa shape index (κ3) is 3.49. The van der Waals surface area contributed by atoms with Gasteiger partial charge in [-0.15, -0.1) is 6.58 Å². The number of halogens is 2. The molecule has 1 aromatic carbocycles. The number of nitrogens with zero attached hydrogens (tertiary/aromatic N) is 1. The summed E-state index contributed by atoms with van der Waals surface area (Å²) in [5.74, 6) is 0. The maximum absolute atomic E-state index is 12.4. The van der Waals surface area contributed by atoms with Crippen molar-refractivity contribution < 1.29 is 13.5 Å². The number of benzene rings is 1. The van der Waals surface area contributed by atoms with Gasteiger partial charge in [-0.3, -0.25) is 0 Å². The molecule has 1 N–H and O–H groups in total. The highest BCUT2D eigenvalue weighted by atomic mass is 35.5. The molecule has 106 valence electrons. The fourth-order valence-corrected chi connectivity index (χ4v) is 3.82. The van der Waals surface area contributed by atoms with E-state index in [1.807, 2.05) is 0 Å². The van der Waals surface area contributed by atoms with Gasteiger partial charge < -0.3 is 5.11 Å². The summed E-state index contributed by atoms with van der Waals surface area (Å²) >= 11 is 11.8. The van der Waals surface area contributed by atoms with Crippen LogP contribution in [0.2, 0.25) is 10.0 Å². The summed E-state index contributed by atoms with van der Waals surface area (Å²) in [4.78, 5) is -0.0636. The zero-order valence-corrected chi connectivity index (χ0v) is 12.8. The van der Waals surface area contributed by atoms with Crippen LogP contribution in [0.1, 0.15) is 12.5 Å². The van der Waals surface area contributed by atoms with Crippen molar-refractivity contribution in [2.24, 2.45) is 0 Å². The monoisotopic (exact) mass is 323 g/mol. The average molecular weight is 324 g/mol. The summed E-state index contributed by atoms with van der Waals surface area (Å²) in [5.41, 5.74) is 0.319. The lowest BCUT2D eigenvalue weighted by atomic mass is 10.2. The summed E-state index contributed by atoms with van der Waals surface area (Å²) in [6.45, 7) is 5.37. The Morgan fingerprint density at radius 1 is 1.37 bits per heavy atom. The summed E-state index contributed by atoms with van der Waals surface area (Å²) in [6, 6.07) is 2.62. The molecule has 0 spiro atoms. The molecule has 0 heterocycles. The van der Waals surface area contributed by atoms with Crippen LogP contribution >= 0.6 is 23.2 Å². The molecule has 0 atom stereocenters. The van der Waals surface area contributed by atoms with Crippen LogP contribution in [-0.4, -0.2) is 30.9 Å². The van der Waals surface area contributed by atoms with Gasteiger partial charge in [0, 0.05) is 18.1 Å². The van der Waals surface area contributed by atoms with Crippen molar-refractivity contribution in [3.8, 4) is 0 Å². The molecule has 0 fully saturated rings. The standard InChI is InChI=1S/C12H15Cl2NO3S/c1-3-5-15(4-2)19(17,18)12-6-9(8-16)10(13)7-11(12)14/h3,6-7,16H,1,4-5,8H2,2H3. The predicted molar refractivity (Wildman–Crippen MR) is 77.0 cm³/mol. The fraction of sp³-hybridized carbons (Fsp3) is 0.333. The van der Waals surface area contributed by atoms with Crippen LogP contribution in [0.4, 0.5) is 0 Å². The molecule has 0 saturated carbocycles. The lowest BCUT2D eigenvalue weighted by Crippen LogP contribution is -2.31. The van der Waals surface area contributed by atoms with E-state index in [1.54, 1.807) is 6.92 Å². The Hall–Kier alpha value is -0.590. The van der Waals surface area contributed by atoms with Crippen molar-refractivity contribution in [1.82, 2.24) is 4.31 Å². The molecule has 0 radical (unpaired) electrons. The topological polar surface area (TPSA) is 57.6 Å². The van der Waals surface area contributed by atoms with Crippen LogP contribution in [0.25, 0.3) is 0 Å². The Balaban J connectivity index is 3.39.